The smallest absolute Gasteiger partial charge is 0.446 e. The fraction of sp³-hybridized carbons (Fsp3) is 0.217. The van der Waals surface area contributed by atoms with Crippen LogP contribution in [0.15, 0.2) is 52.4 Å². The Bertz CT molecular complexity index is 1280. The number of amides is 3. The van der Waals surface area contributed by atoms with E-state index >= 15 is 0 Å². The van der Waals surface area contributed by atoms with Gasteiger partial charge in [-0.3, -0.25) is 0 Å². The summed E-state index contributed by atoms with van der Waals surface area (Å²) in [6.45, 7) is 1.91. The van der Waals surface area contributed by atoms with E-state index in [2.05, 4.69) is 32.6 Å². The van der Waals surface area contributed by atoms with Crippen molar-refractivity contribution in [1.29, 1.82) is 0 Å². The van der Waals surface area contributed by atoms with Crippen LogP contribution in [0.25, 0.3) is 0 Å². The van der Waals surface area contributed by atoms with Gasteiger partial charge >= 0.3 is 23.7 Å². The molecule has 2 aromatic rings. The Hall–Kier alpha value is -3.61. The molecule has 3 amide bonds. The summed E-state index contributed by atoms with van der Waals surface area (Å²) in [5, 5.41) is 8.75. The quantitative estimate of drug-likeness (QED) is 0.283. The van der Waals surface area contributed by atoms with Crippen molar-refractivity contribution in [1.82, 2.24) is 4.90 Å². The Labute approximate surface area is 208 Å². The summed E-state index contributed by atoms with van der Waals surface area (Å²) >= 11 is 2.13. The van der Waals surface area contributed by atoms with Gasteiger partial charge in [0.25, 0.3) is 0 Å². The molecule has 0 spiro atoms. The van der Waals surface area contributed by atoms with Gasteiger partial charge in [0.2, 0.25) is 11.5 Å². The molecule has 0 aromatic heterocycles. The first-order valence-electron chi connectivity index (χ1n) is 10.5. The number of halogens is 1. The maximum Gasteiger partial charge on any atom is 0.446 e. The molecule has 0 saturated heterocycles. The zero-order valence-corrected chi connectivity index (χ0v) is 20.4. The highest BCUT2D eigenvalue weighted by atomic mass is 127. The summed E-state index contributed by atoms with van der Waals surface area (Å²) in [6, 6.07) is 11.6. The van der Waals surface area contributed by atoms with Crippen LogP contribution >= 0.6 is 22.6 Å². The standard InChI is InChI=1S/C23H20IN5O5/c1-2-9-28-22(32)19-21(29(23(28)33)11-13-3-8-17(25)16(24)10-13)27-20(26-19)14-4-6-15(7-5-14)34-12-18(30)31/h3-8,10H,2,9,11-12,25H2,1H3/p+1. The number of urea groups is 1. The molecule has 2 aliphatic rings. The van der Waals surface area contributed by atoms with E-state index in [-0.39, 0.29) is 30.5 Å². The maximum atomic E-state index is 13.2. The predicted molar refractivity (Wildman–Crippen MR) is 133 cm³/mol. The second-order valence-corrected chi connectivity index (χ2v) is 8.77. The van der Waals surface area contributed by atoms with E-state index in [4.69, 9.17) is 15.6 Å². The highest BCUT2D eigenvalue weighted by molar-refractivity contribution is 14.1. The molecule has 0 atom stereocenters. The van der Waals surface area contributed by atoms with Crippen molar-refractivity contribution in [2.24, 2.45) is 9.98 Å². The molecule has 2 aliphatic heterocycles. The third-order valence-corrected chi connectivity index (χ3v) is 6.07. The summed E-state index contributed by atoms with van der Waals surface area (Å²) in [5.74, 6) is -0.694. The van der Waals surface area contributed by atoms with Gasteiger partial charge < -0.3 is 15.6 Å². The molecule has 11 heteroatoms. The molecule has 34 heavy (non-hydrogen) atoms. The van der Waals surface area contributed by atoms with Gasteiger partial charge in [0.05, 0.1) is 6.54 Å². The second-order valence-electron chi connectivity index (χ2n) is 7.61. The van der Waals surface area contributed by atoms with Crippen molar-refractivity contribution in [2.75, 3.05) is 18.9 Å². The van der Waals surface area contributed by atoms with Gasteiger partial charge in [-0.2, -0.15) is 14.5 Å². The minimum absolute atomic E-state index is 0.111. The highest BCUT2D eigenvalue weighted by Gasteiger charge is 2.47. The summed E-state index contributed by atoms with van der Waals surface area (Å²) < 4.78 is 7.46. The van der Waals surface area contributed by atoms with E-state index in [1.165, 1.54) is 9.48 Å². The van der Waals surface area contributed by atoms with Crippen molar-refractivity contribution < 1.29 is 28.8 Å². The van der Waals surface area contributed by atoms with Crippen molar-refractivity contribution >= 4 is 63.6 Å². The number of imide groups is 1. The van der Waals surface area contributed by atoms with Crippen molar-refractivity contribution in [3.8, 4) is 5.75 Å². The third kappa shape index (κ3) is 4.69. The first kappa shape index (κ1) is 23.5. The Balaban J connectivity index is 1.72. The summed E-state index contributed by atoms with van der Waals surface area (Å²) in [7, 11) is 0. The zero-order chi connectivity index (χ0) is 24.4. The molecule has 0 saturated carbocycles. The number of carbonyl (C=O) groups excluding carboxylic acids is 2. The normalized spacial score (nSPS) is 15.3. The molecule has 0 fully saturated rings. The number of nitrogens with two attached hydrogens (primary N) is 1. The lowest BCUT2D eigenvalue weighted by Gasteiger charge is -2.21. The maximum absolute atomic E-state index is 13.2. The van der Waals surface area contributed by atoms with E-state index in [0.29, 0.717) is 23.4 Å². The number of carboxylic acid groups (broad SMARTS) is 1. The minimum Gasteiger partial charge on any atom is -0.482 e. The fourth-order valence-electron chi connectivity index (χ4n) is 3.51. The number of carbonyl (C=O) groups is 3. The number of benzene rings is 2. The number of carboxylic acids is 1. The van der Waals surface area contributed by atoms with Gasteiger partial charge in [-0.25, -0.2) is 14.4 Å². The van der Waals surface area contributed by atoms with Crippen LogP contribution in [-0.4, -0.2) is 63.0 Å². The van der Waals surface area contributed by atoms with E-state index in [1.54, 1.807) is 30.3 Å². The largest absolute Gasteiger partial charge is 0.482 e. The third-order valence-electron chi connectivity index (χ3n) is 5.13. The summed E-state index contributed by atoms with van der Waals surface area (Å²) in [5.41, 5.74) is 8.11. The van der Waals surface area contributed by atoms with Crippen LogP contribution in [0.5, 0.6) is 5.75 Å². The van der Waals surface area contributed by atoms with Crippen molar-refractivity contribution in [3.63, 3.8) is 0 Å². The number of nitrogen functional groups attached to an aromatic ring is 1. The lowest BCUT2D eigenvalue weighted by Crippen LogP contribution is -2.54. The van der Waals surface area contributed by atoms with E-state index in [1.807, 2.05) is 19.1 Å². The molecule has 2 heterocycles. The summed E-state index contributed by atoms with van der Waals surface area (Å²) in [6.07, 6.45) is 0.610. The van der Waals surface area contributed by atoms with E-state index in [9.17, 15) is 14.4 Å². The first-order valence-corrected chi connectivity index (χ1v) is 11.5. The number of rotatable bonds is 8. The van der Waals surface area contributed by atoms with Gasteiger partial charge in [-0.15, -0.1) is 0 Å². The number of nitrogens with zero attached hydrogens (tertiary/aromatic N) is 4. The molecule has 0 radical (unpaired) electrons. The van der Waals surface area contributed by atoms with Crippen LogP contribution in [0.1, 0.15) is 24.5 Å². The van der Waals surface area contributed by atoms with Crippen molar-refractivity contribution in [2.45, 2.75) is 19.9 Å². The molecule has 0 bridgehead atoms. The monoisotopic (exact) mass is 574 g/mol. The number of aliphatic imine (C=N–C) groups is 2. The average molecular weight is 574 g/mol. The molecule has 10 nitrogen and oxygen atoms in total. The number of hydrogen-bond donors (Lipinski definition) is 2. The molecule has 174 valence electrons. The van der Waals surface area contributed by atoms with Gasteiger partial charge in [0.15, 0.2) is 6.61 Å². The van der Waals surface area contributed by atoms with Crippen LogP contribution in [-0.2, 0) is 16.1 Å². The SMILES string of the molecule is CCCN1C(=O)C2=NC(c3ccc(OCC(=O)O)cc3)=NC2=[N+](Cc2ccc(N)c(I)c2)C1=O. The molecule has 0 aliphatic carbocycles. The van der Waals surface area contributed by atoms with Crippen LogP contribution in [0.3, 0.4) is 0 Å². The summed E-state index contributed by atoms with van der Waals surface area (Å²) in [4.78, 5) is 47.1. The lowest BCUT2D eigenvalue weighted by molar-refractivity contribution is -0.452. The molecule has 3 N–H and O–H groups in total. The molecule has 0 unspecified atom stereocenters. The average Bonchev–Trinajstić information content (AvgIpc) is 3.26. The minimum atomic E-state index is -1.08. The Morgan fingerprint density at radius 3 is 2.56 bits per heavy atom. The lowest BCUT2D eigenvalue weighted by atomic mass is 10.1. The number of ether oxygens (including phenoxy) is 1. The van der Waals surface area contributed by atoms with Crippen LogP contribution in [0.2, 0.25) is 0 Å². The number of fused-ring (bicyclic) bond motifs is 1. The zero-order valence-electron chi connectivity index (χ0n) is 18.2. The first-order chi connectivity index (χ1) is 16.3. The Morgan fingerprint density at radius 2 is 1.91 bits per heavy atom. The van der Waals surface area contributed by atoms with Gasteiger partial charge in [0, 0.05) is 14.8 Å². The number of aliphatic carboxylic acids is 1. The van der Waals surface area contributed by atoms with Crippen LogP contribution in [0.4, 0.5) is 10.5 Å². The number of amidine groups is 2. The molecule has 2 aromatic carbocycles. The van der Waals surface area contributed by atoms with E-state index < -0.39 is 24.5 Å². The van der Waals surface area contributed by atoms with E-state index in [0.717, 1.165) is 9.13 Å². The van der Waals surface area contributed by atoms with Crippen molar-refractivity contribution in [3.05, 3.63) is 57.2 Å². The predicted octanol–water partition coefficient (Wildman–Crippen LogP) is 2.52. The van der Waals surface area contributed by atoms with Crippen LogP contribution < -0.4 is 10.5 Å². The molecular formula is C23H21IN5O5+. The molecular weight excluding hydrogens is 553 g/mol. The number of hydrogen-bond acceptors (Lipinski definition) is 7. The van der Waals surface area contributed by atoms with Gasteiger partial charge in [-0.05, 0) is 71.0 Å². The Kier molecular flexibility index (Phi) is 6.72. The number of anilines is 1. The fourth-order valence-corrected chi connectivity index (χ4v) is 4.09. The molecule has 4 rings (SSSR count). The van der Waals surface area contributed by atoms with Gasteiger partial charge in [0.1, 0.15) is 12.3 Å². The van der Waals surface area contributed by atoms with Crippen LogP contribution in [0, 0.1) is 3.57 Å². The second kappa shape index (κ2) is 9.71. The Morgan fingerprint density at radius 1 is 1.18 bits per heavy atom. The highest BCUT2D eigenvalue weighted by Crippen LogP contribution is 2.21. The van der Waals surface area contributed by atoms with Gasteiger partial charge in [-0.1, -0.05) is 18.0 Å². The topological polar surface area (TPSA) is 138 Å².